The number of ketones is 2. The Balaban J connectivity index is 1.90. The van der Waals surface area contributed by atoms with Crippen molar-refractivity contribution >= 4 is 45.1 Å². The highest BCUT2D eigenvalue weighted by Gasteiger charge is 2.17. The molecule has 3 aromatic carbocycles. The first-order valence-electron chi connectivity index (χ1n) is 11.2. The van der Waals surface area contributed by atoms with Crippen molar-refractivity contribution in [2.75, 3.05) is 0 Å². The monoisotopic (exact) mass is 454 g/mol. The number of carbonyl (C=O) groups excluding carboxylic acids is 3. The number of benzene rings is 3. The predicted octanol–water partition coefficient (Wildman–Crippen LogP) is 5.60. The molecule has 0 radical (unpaired) electrons. The van der Waals surface area contributed by atoms with E-state index in [1.165, 1.54) is 13.8 Å². The zero-order valence-corrected chi connectivity index (χ0v) is 19.7. The molecule has 0 atom stereocenters. The largest absolute Gasteiger partial charge is 0.341 e. The van der Waals surface area contributed by atoms with Gasteiger partial charge < -0.3 is 9.40 Å². The molecule has 0 aliphatic rings. The Morgan fingerprint density at radius 3 is 2.09 bits per heavy atom. The fourth-order valence-electron chi connectivity index (χ4n) is 4.29. The number of oxime groups is 1. The molecule has 1 aromatic heterocycles. The highest BCUT2D eigenvalue weighted by molar-refractivity contribution is 6.17. The first kappa shape index (κ1) is 23.1. The topological polar surface area (TPSA) is 77.7 Å². The second-order valence-corrected chi connectivity index (χ2v) is 8.35. The summed E-state index contributed by atoms with van der Waals surface area (Å²) in [6, 6.07) is 19.1. The minimum Gasteiger partial charge on any atom is -0.341 e. The second-order valence-electron chi connectivity index (χ2n) is 8.35. The number of hydrogen-bond acceptors (Lipinski definition) is 5. The number of aryl methyl sites for hydroxylation is 2. The first-order chi connectivity index (χ1) is 16.3. The molecule has 4 rings (SSSR count). The van der Waals surface area contributed by atoms with Gasteiger partial charge in [-0.05, 0) is 56.7 Å². The maximum atomic E-state index is 13.3. The molecule has 0 unspecified atom stereocenters. The van der Waals surface area contributed by atoms with Gasteiger partial charge in [-0.1, -0.05) is 35.5 Å². The molecule has 0 saturated heterocycles. The minimum absolute atomic E-state index is 0.0257. The van der Waals surface area contributed by atoms with Crippen molar-refractivity contribution in [2.24, 2.45) is 5.16 Å². The van der Waals surface area contributed by atoms with Gasteiger partial charge >= 0.3 is 5.97 Å². The number of rotatable bonds is 7. The van der Waals surface area contributed by atoms with E-state index in [2.05, 4.69) is 16.6 Å². The van der Waals surface area contributed by atoms with E-state index in [0.717, 1.165) is 33.9 Å². The normalized spacial score (nSPS) is 11.7. The lowest BCUT2D eigenvalue weighted by Gasteiger charge is -2.06. The van der Waals surface area contributed by atoms with E-state index in [0.29, 0.717) is 22.4 Å². The van der Waals surface area contributed by atoms with Crippen LogP contribution in [0.15, 0.2) is 65.8 Å². The number of nitrogens with zero attached hydrogens (tertiary/aromatic N) is 2. The van der Waals surface area contributed by atoms with Crippen molar-refractivity contribution in [1.82, 2.24) is 4.57 Å². The van der Waals surface area contributed by atoms with Crippen molar-refractivity contribution in [3.05, 3.63) is 82.9 Å². The summed E-state index contributed by atoms with van der Waals surface area (Å²) in [5.74, 6) is -0.667. The van der Waals surface area contributed by atoms with Gasteiger partial charge in [-0.25, -0.2) is 4.79 Å². The summed E-state index contributed by atoms with van der Waals surface area (Å²) < 4.78 is 2.18. The van der Waals surface area contributed by atoms with Crippen molar-refractivity contribution in [3.8, 4) is 0 Å². The third-order valence-electron chi connectivity index (χ3n) is 5.87. The quantitative estimate of drug-likeness (QED) is 0.158. The van der Waals surface area contributed by atoms with Crippen molar-refractivity contribution in [2.45, 2.75) is 40.7 Å². The van der Waals surface area contributed by atoms with E-state index >= 15 is 0 Å². The number of carbonyl (C=O) groups is 3. The smallest absolute Gasteiger partial charge is 0.331 e. The molecular formula is C28H26N2O4. The van der Waals surface area contributed by atoms with E-state index < -0.39 is 5.97 Å². The lowest BCUT2D eigenvalue weighted by molar-refractivity contribution is -0.141. The average molecular weight is 455 g/mol. The molecule has 4 aromatic rings. The van der Waals surface area contributed by atoms with Crippen molar-refractivity contribution in [3.63, 3.8) is 0 Å². The van der Waals surface area contributed by atoms with Crippen LogP contribution >= 0.6 is 0 Å². The maximum absolute atomic E-state index is 13.3. The Hall–Kier alpha value is -4.06. The molecule has 1 heterocycles. The molecular weight excluding hydrogens is 428 g/mol. The van der Waals surface area contributed by atoms with Gasteiger partial charge in [0, 0.05) is 52.0 Å². The molecule has 6 nitrogen and oxygen atoms in total. The summed E-state index contributed by atoms with van der Waals surface area (Å²) in [6.45, 7) is 7.49. The molecule has 0 aliphatic carbocycles. The predicted molar refractivity (Wildman–Crippen MR) is 133 cm³/mol. The number of fused-ring (bicyclic) bond motifs is 3. The highest BCUT2D eigenvalue weighted by atomic mass is 16.7. The lowest BCUT2D eigenvalue weighted by atomic mass is 9.97. The van der Waals surface area contributed by atoms with Crippen LogP contribution in [0.3, 0.4) is 0 Å². The Bertz CT molecular complexity index is 1480. The first-order valence-corrected chi connectivity index (χ1v) is 11.2. The maximum Gasteiger partial charge on any atom is 0.331 e. The summed E-state index contributed by atoms with van der Waals surface area (Å²) in [4.78, 5) is 41.2. The molecule has 172 valence electrons. The van der Waals surface area contributed by atoms with Gasteiger partial charge in [0.15, 0.2) is 5.78 Å². The fraction of sp³-hybridized carbons (Fsp3) is 0.214. The van der Waals surface area contributed by atoms with Crippen LogP contribution in [-0.4, -0.2) is 27.8 Å². The van der Waals surface area contributed by atoms with E-state index in [9.17, 15) is 14.4 Å². The SMILES string of the molecule is CCn1c2ccc(C(=O)c3ccccc3C)cc2c2cc(C(CC(C)=O)=NOC(C)=O)ccc21. The minimum atomic E-state index is -0.552. The lowest BCUT2D eigenvalue weighted by Crippen LogP contribution is -2.08. The zero-order valence-electron chi connectivity index (χ0n) is 19.7. The molecule has 0 bridgehead atoms. The molecule has 0 saturated carbocycles. The summed E-state index contributed by atoms with van der Waals surface area (Å²) in [6.07, 6.45) is 0.0439. The molecule has 0 spiro atoms. The van der Waals surface area contributed by atoms with Crippen LogP contribution in [0.25, 0.3) is 21.8 Å². The van der Waals surface area contributed by atoms with E-state index in [4.69, 9.17) is 4.84 Å². The Kier molecular flexibility index (Phi) is 6.41. The van der Waals surface area contributed by atoms with Crippen molar-refractivity contribution in [1.29, 1.82) is 0 Å². The van der Waals surface area contributed by atoms with Gasteiger partial charge in [-0.3, -0.25) is 9.59 Å². The van der Waals surface area contributed by atoms with Crippen LogP contribution in [0.1, 0.15) is 54.2 Å². The summed E-state index contributed by atoms with van der Waals surface area (Å²) >= 11 is 0. The molecule has 0 fully saturated rings. The van der Waals surface area contributed by atoms with Crippen LogP contribution in [0.5, 0.6) is 0 Å². The van der Waals surface area contributed by atoms with Crippen molar-refractivity contribution < 1.29 is 19.2 Å². The summed E-state index contributed by atoms with van der Waals surface area (Å²) in [7, 11) is 0. The van der Waals surface area contributed by atoms with Gasteiger partial charge in [0.25, 0.3) is 0 Å². The second kappa shape index (κ2) is 9.43. The Morgan fingerprint density at radius 2 is 1.50 bits per heavy atom. The summed E-state index contributed by atoms with van der Waals surface area (Å²) in [5.41, 5.74) is 5.32. The van der Waals surface area contributed by atoms with Gasteiger partial charge in [-0.2, -0.15) is 0 Å². The number of aromatic nitrogens is 1. The van der Waals surface area contributed by atoms with Crippen LogP contribution in [0.2, 0.25) is 0 Å². The van der Waals surface area contributed by atoms with Gasteiger partial charge in [0.05, 0.1) is 12.1 Å². The van der Waals surface area contributed by atoms with Crippen LogP contribution in [0.4, 0.5) is 0 Å². The van der Waals surface area contributed by atoms with Crippen LogP contribution in [-0.2, 0) is 21.0 Å². The fourth-order valence-corrected chi connectivity index (χ4v) is 4.29. The standard InChI is InChI=1S/C28H26N2O4/c1-5-30-26-12-10-20(25(14-18(3)31)29-34-19(4)32)15-23(26)24-16-21(11-13-27(24)30)28(33)22-9-7-6-8-17(22)2/h6-13,15-16H,5,14H2,1-4H3. The molecule has 0 amide bonds. The summed E-state index contributed by atoms with van der Waals surface area (Å²) in [5, 5.41) is 5.80. The third kappa shape index (κ3) is 4.39. The molecule has 6 heteroatoms. The van der Waals surface area contributed by atoms with Gasteiger partial charge in [-0.15, -0.1) is 0 Å². The Labute approximate surface area is 197 Å². The van der Waals surface area contributed by atoms with Crippen LogP contribution < -0.4 is 0 Å². The zero-order chi connectivity index (χ0) is 24.4. The number of hydrogen-bond donors (Lipinski definition) is 0. The molecule has 34 heavy (non-hydrogen) atoms. The average Bonchev–Trinajstić information content (AvgIpc) is 3.13. The van der Waals surface area contributed by atoms with Gasteiger partial charge in [0.1, 0.15) is 5.78 Å². The molecule has 0 aliphatic heterocycles. The Morgan fingerprint density at radius 1 is 0.882 bits per heavy atom. The number of Topliss-reactive ketones (excluding diaryl/α,β-unsaturated/α-hetero) is 1. The van der Waals surface area contributed by atoms with E-state index in [1.54, 1.807) is 0 Å². The van der Waals surface area contributed by atoms with Gasteiger partial charge in [0.2, 0.25) is 0 Å². The molecule has 0 N–H and O–H groups in total. The third-order valence-corrected chi connectivity index (χ3v) is 5.87. The van der Waals surface area contributed by atoms with E-state index in [1.807, 2.05) is 67.6 Å². The van der Waals surface area contributed by atoms with Crippen LogP contribution in [0, 0.1) is 6.92 Å². The van der Waals surface area contributed by atoms with E-state index in [-0.39, 0.29) is 18.0 Å². The highest BCUT2D eigenvalue weighted by Crippen LogP contribution is 2.32.